The summed E-state index contributed by atoms with van der Waals surface area (Å²) < 4.78 is 0. The second-order valence-corrected chi connectivity index (χ2v) is 3.04. The van der Waals surface area contributed by atoms with Gasteiger partial charge in [-0.05, 0) is 6.07 Å². The molecule has 0 radical (unpaired) electrons. The summed E-state index contributed by atoms with van der Waals surface area (Å²) in [7, 11) is 0. The SMILES string of the molecule is CC(C)C(=O)Nc1cc(O)ccn1. The fourth-order valence-corrected chi connectivity index (χ4v) is 0.758. The molecule has 0 unspecified atom stereocenters. The Kier molecular flexibility index (Phi) is 2.84. The van der Waals surface area contributed by atoms with Gasteiger partial charge in [0.15, 0.2) is 0 Å². The van der Waals surface area contributed by atoms with Crippen molar-refractivity contribution < 1.29 is 9.90 Å². The molecule has 0 fully saturated rings. The lowest BCUT2D eigenvalue weighted by molar-refractivity contribution is -0.118. The molecule has 0 saturated heterocycles. The zero-order chi connectivity index (χ0) is 9.84. The maximum Gasteiger partial charge on any atom is 0.228 e. The highest BCUT2D eigenvalue weighted by atomic mass is 16.3. The minimum Gasteiger partial charge on any atom is -0.508 e. The van der Waals surface area contributed by atoms with Crippen LogP contribution in [0.15, 0.2) is 18.3 Å². The first-order chi connectivity index (χ1) is 6.09. The van der Waals surface area contributed by atoms with Crippen molar-refractivity contribution in [1.29, 1.82) is 0 Å². The molecule has 0 bridgehead atoms. The van der Waals surface area contributed by atoms with Gasteiger partial charge in [0.2, 0.25) is 5.91 Å². The van der Waals surface area contributed by atoms with Gasteiger partial charge in [0, 0.05) is 18.2 Å². The van der Waals surface area contributed by atoms with Crippen LogP contribution in [-0.2, 0) is 4.79 Å². The van der Waals surface area contributed by atoms with Crippen LogP contribution in [0.25, 0.3) is 0 Å². The summed E-state index contributed by atoms with van der Waals surface area (Å²) >= 11 is 0. The molecular formula is C9H12N2O2. The van der Waals surface area contributed by atoms with E-state index in [-0.39, 0.29) is 17.6 Å². The Bertz CT molecular complexity index is 310. The molecule has 0 aliphatic heterocycles. The van der Waals surface area contributed by atoms with Crippen molar-refractivity contribution in [3.05, 3.63) is 18.3 Å². The molecule has 1 aromatic rings. The Morgan fingerprint density at radius 2 is 2.31 bits per heavy atom. The molecule has 4 nitrogen and oxygen atoms in total. The summed E-state index contributed by atoms with van der Waals surface area (Å²) in [4.78, 5) is 15.1. The van der Waals surface area contributed by atoms with Gasteiger partial charge in [0.1, 0.15) is 11.6 Å². The molecule has 0 aliphatic carbocycles. The average molecular weight is 180 g/mol. The fraction of sp³-hybridized carbons (Fsp3) is 0.333. The number of hydrogen-bond acceptors (Lipinski definition) is 3. The van der Waals surface area contributed by atoms with E-state index in [1.54, 1.807) is 13.8 Å². The number of aromatic hydroxyl groups is 1. The topological polar surface area (TPSA) is 62.2 Å². The largest absolute Gasteiger partial charge is 0.508 e. The highest BCUT2D eigenvalue weighted by Gasteiger charge is 2.07. The van der Waals surface area contributed by atoms with Crippen LogP contribution in [0.4, 0.5) is 5.82 Å². The maximum atomic E-state index is 11.2. The maximum absolute atomic E-state index is 11.2. The summed E-state index contributed by atoms with van der Waals surface area (Å²) in [5.41, 5.74) is 0. The summed E-state index contributed by atoms with van der Waals surface area (Å²) in [5, 5.41) is 11.6. The molecule has 70 valence electrons. The predicted octanol–water partition coefficient (Wildman–Crippen LogP) is 1.38. The zero-order valence-electron chi connectivity index (χ0n) is 7.61. The highest BCUT2D eigenvalue weighted by Crippen LogP contribution is 2.12. The first kappa shape index (κ1) is 9.51. The van der Waals surface area contributed by atoms with Crippen LogP contribution in [0.5, 0.6) is 5.75 Å². The number of nitrogens with one attached hydrogen (secondary N) is 1. The molecule has 1 amide bonds. The Labute approximate surface area is 76.6 Å². The van der Waals surface area contributed by atoms with Gasteiger partial charge in [0.05, 0.1) is 0 Å². The molecule has 0 aliphatic rings. The van der Waals surface area contributed by atoms with Crippen molar-refractivity contribution in [1.82, 2.24) is 4.98 Å². The van der Waals surface area contributed by atoms with E-state index in [0.29, 0.717) is 5.82 Å². The molecule has 13 heavy (non-hydrogen) atoms. The minimum atomic E-state index is -0.113. The first-order valence-electron chi connectivity index (χ1n) is 4.05. The first-order valence-corrected chi connectivity index (χ1v) is 4.05. The number of anilines is 1. The van der Waals surface area contributed by atoms with E-state index in [4.69, 9.17) is 5.11 Å². The van der Waals surface area contributed by atoms with Gasteiger partial charge in [-0.15, -0.1) is 0 Å². The molecule has 0 aromatic carbocycles. The van der Waals surface area contributed by atoms with Gasteiger partial charge < -0.3 is 10.4 Å². The van der Waals surface area contributed by atoms with E-state index in [1.807, 2.05) is 0 Å². The van der Waals surface area contributed by atoms with Crippen molar-refractivity contribution in [3.63, 3.8) is 0 Å². The van der Waals surface area contributed by atoms with Crippen LogP contribution in [0.1, 0.15) is 13.8 Å². The van der Waals surface area contributed by atoms with Crippen molar-refractivity contribution in [3.8, 4) is 5.75 Å². The lowest BCUT2D eigenvalue weighted by Gasteiger charge is -2.06. The highest BCUT2D eigenvalue weighted by molar-refractivity contribution is 5.91. The zero-order valence-corrected chi connectivity index (χ0v) is 7.61. The molecule has 4 heteroatoms. The number of amides is 1. The Morgan fingerprint density at radius 1 is 1.62 bits per heavy atom. The van der Waals surface area contributed by atoms with Gasteiger partial charge in [0.25, 0.3) is 0 Å². The Morgan fingerprint density at radius 3 is 2.85 bits per heavy atom. The van der Waals surface area contributed by atoms with E-state index in [0.717, 1.165) is 0 Å². The smallest absolute Gasteiger partial charge is 0.228 e. The van der Waals surface area contributed by atoms with Gasteiger partial charge in [-0.1, -0.05) is 13.8 Å². The van der Waals surface area contributed by atoms with Crippen LogP contribution in [0, 0.1) is 5.92 Å². The Balaban J connectivity index is 2.69. The fourth-order valence-electron chi connectivity index (χ4n) is 0.758. The van der Waals surface area contributed by atoms with Crippen LogP contribution >= 0.6 is 0 Å². The monoisotopic (exact) mass is 180 g/mol. The second kappa shape index (κ2) is 3.89. The number of carbonyl (C=O) groups is 1. The third-order valence-electron chi connectivity index (χ3n) is 1.52. The van der Waals surface area contributed by atoms with Crippen LogP contribution in [-0.4, -0.2) is 16.0 Å². The number of aromatic nitrogens is 1. The number of hydrogen-bond donors (Lipinski definition) is 2. The Hall–Kier alpha value is -1.58. The van der Waals surface area contributed by atoms with E-state index < -0.39 is 0 Å². The normalized spacial score (nSPS) is 10.1. The molecule has 0 spiro atoms. The lowest BCUT2D eigenvalue weighted by Crippen LogP contribution is -2.18. The summed E-state index contributed by atoms with van der Waals surface area (Å²) in [6.45, 7) is 3.58. The van der Waals surface area contributed by atoms with Gasteiger partial charge in [-0.25, -0.2) is 4.98 Å². The van der Waals surface area contributed by atoms with Crippen LogP contribution < -0.4 is 5.32 Å². The van der Waals surface area contributed by atoms with E-state index in [1.165, 1.54) is 18.3 Å². The number of rotatable bonds is 2. The van der Waals surface area contributed by atoms with Gasteiger partial charge >= 0.3 is 0 Å². The number of nitrogens with zero attached hydrogens (tertiary/aromatic N) is 1. The third-order valence-corrected chi connectivity index (χ3v) is 1.52. The van der Waals surface area contributed by atoms with Gasteiger partial charge in [-0.3, -0.25) is 4.79 Å². The van der Waals surface area contributed by atoms with Crippen LogP contribution in [0.2, 0.25) is 0 Å². The van der Waals surface area contributed by atoms with Crippen molar-refractivity contribution in [2.45, 2.75) is 13.8 Å². The summed E-state index contributed by atoms with van der Waals surface area (Å²) in [5.74, 6) is 0.259. The average Bonchev–Trinajstić information content (AvgIpc) is 2.04. The molecule has 0 saturated carbocycles. The van der Waals surface area contributed by atoms with E-state index in [9.17, 15) is 4.79 Å². The molecule has 0 atom stereocenters. The number of carbonyl (C=O) groups excluding carboxylic acids is 1. The molecule has 1 rings (SSSR count). The predicted molar refractivity (Wildman–Crippen MR) is 49.4 cm³/mol. The summed E-state index contributed by atoms with van der Waals surface area (Å²) in [6, 6.07) is 2.85. The molecule has 1 heterocycles. The second-order valence-electron chi connectivity index (χ2n) is 3.04. The third kappa shape index (κ3) is 2.74. The number of pyridine rings is 1. The molecule has 1 aromatic heterocycles. The van der Waals surface area contributed by atoms with Crippen molar-refractivity contribution in [2.75, 3.05) is 5.32 Å². The minimum absolute atomic E-state index is 0.0917. The van der Waals surface area contributed by atoms with E-state index in [2.05, 4.69) is 10.3 Å². The molecular weight excluding hydrogens is 168 g/mol. The van der Waals surface area contributed by atoms with Gasteiger partial charge in [-0.2, -0.15) is 0 Å². The standard InChI is InChI=1S/C9H12N2O2/c1-6(2)9(13)11-8-5-7(12)3-4-10-8/h3-6H,1-2H3,(H2,10,11,12,13). The lowest BCUT2D eigenvalue weighted by atomic mass is 10.2. The van der Waals surface area contributed by atoms with Crippen molar-refractivity contribution in [2.24, 2.45) is 5.92 Å². The molecule has 2 N–H and O–H groups in total. The van der Waals surface area contributed by atoms with E-state index >= 15 is 0 Å². The summed E-state index contributed by atoms with van der Waals surface area (Å²) in [6.07, 6.45) is 1.44. The quantitative estimate of drug-likeness (QED) is 0.722. The van der Waals surface area contributed by atoms with Crippen molar-refractivity contribution >= 4 is 11.7 Å². The van der Waals surface area contributed by atoms with Crippen LogP contribution in [0.3, 0.4) is 0 Å².